The maximum absolute atomic E-state index is 2.40. The number of hydrogen-bond donors (Lipinski definition) is 0. The third-order valence-corrected chi connectivity index (χ3v) is 5.48. The van der Waals surface area contributed by atoms with Crippen LogP contribution in [-0.4, -0.2) is 0 Å². The second-order valence-electron chi connectivity index (χ2n) is 5.81. The zero-order chi connectivity index (χ0) is 14.8. The molecule has 1 aliphatic heterocycles. The van der Waals surface area contributed by atoms with Gasteiger partial charge in [-0.05, 0) is 53.6 Å². The number of fused-ring (bicyclic) bond motifs is 2. The Hall–Kier alpha value is -1.99. The SMILES string of the molecule is c1ccc(CCc2ccc3c(c2)Cc2ccccc2S3)cc1. The van der Waals surface area contributed by atoms with Crippen molar-refractivity contribution in [2.24, 2.45) is 0 Å². The Morgan fingerprint density at radius 3 is 2.27 bits per heavy atom. The molecule has 0 unspecified atom stereocenters. The predicted molar refractivity (Wildman–Crippen MR) is 93.7 cm³/mol. The van der Waals surface area contributed by atoms with Crippen molar-refractivity contribution in [1.82, 2.24) is 0 Å². The second kappa shape index (κ2) is 6.02. The molecule has 0 amide bonds. The molecule has 3 aromatic carbocycles. The molecule has 0 saturated heterocycles. The van der Waals surface area contributed by atoms with Gasteiger partial charge in [-0.2, -0.15) is 0 Å². The van der Waals surface area contributed by atoms with Crippen LogP contribution in [0.4, 0.5) is 0 Å². The van der Waals surface area contributed by atoms with E-state index >= 15 is 0 Å². The quantitative estimate of drug-likeness (QED) is 0.479. The molecule has 108 valence electrons. The molecule has 0 nitrogen and oxygen atoms in total. The van der Waals surface area contributed by atoms with E-state index in [4.69, 9.17) is 0 Å². The highest BCUT2D eigenvalue weighted by Crippen LogP contribution is 2.39. The Morgan fingerprint density at radius 2 is 1.36 bits per heavy atom. The first-order valence-electron chi connectivity index (χ1n) is 7.80. The largest absolute Gasteiger partial charge is 0.0895 e. The number of rotatable bonds is 3. The van der Waals surface area contributed by atoms with Crippen LogP contribution in [0, 0.1) is 0 Å². The van der Waals surface area contributed by atoms with E-state index in [2.05, 4.69) is 72.8 Å². The van der Waals surface area contributed by atoms with Gasteiger partial charge in [-0.15, -0.1) is 0 Å². The predicted octanol–water partition coefficient (Wildman–Crippen LogP) is 5.53. The van der Waals surface area contributed by atoms with Gasteiger partial charge in [0.25, 0.3) is 0 Å². The highest BCUT2D eigenvalue weighted by atomic mass is 32.2. The smallest absolute Gasteiger partial charge is 0.0158 e. The van der Waals surface area contributed by atoms with Gasteiger partial charge in [0, 0.05) is 9.79 Å². The molecule has 1 aliphatic rings. The van der Waals surface area contributed by atoms with Gasteiger partial charge in [-0.1, -0.05) is 72.4 Å². The molecule has 0 aromatic heterocycles. The maximum Gasteiger partial charge on any atom is 0.0158 e. The minimum atomic E-state index is 1.07. The van der Waals surface area contributed by atoms with Crippen molar-refractivity contribution in [3.8, 4) is 0 Å². The van der Waals surface area contributed by atoms with Gasteiger partial charge >= 0.3 is 0 Å². The molecule has 0 radical (unpaired) electrons. The average molecular weight is 302 g/mol. The van der Waals surface area contributed by atoms with Crippen molar-refractivity contribution < 1.29 is 0 Å². The molecule has 1 heteroatoms. The van der Waals surface area contributed by atoms with Crippen molar-refractivity contribution in [3.63, 3.8) is 0 Å². The van der Waals surface area contributed by atoms with Crippen LogP contribution in [-0.2, 0) is 19.3 Å². The summed E-state index contributed by atoms with van der Waals surface area (Å²) in [4.78, 5) is 2.83. The minimum absolute atomic E-state index is 1.07. The van der Waals surface area contributed by atoms with Crippen molar-refractivity contribution in [2.45, 2.75) is 29.1 Å². The average Bonchev–Trinajstić information content (AvgIpc) is 2.59. The summed E-state index contributed by atoms with van der Waals surface area (Å²) in [6.45, 7) is 0. The monoisotopic (exact) mass is 302 g/mol. The van der Waals surface area contributed by atoms with E-state index in [1.165, 1.54) is 32.0 Å². The Bertz CT molecular complexity index is 790. The molecule has 3 aromatic rings. The number of hydrogen-bond acceptors (Lipinski definition) is 1. The fraction of sp³-hybridized carbons (Fsp3) is 0.143. The van der Waals surface area contributed by atoms with Crippen LogP contribution in [0.1, 0.15) is 22.3 Å². The summed E-state index contributed by atoms with van der Waals surface area (Å²) in [6.07, 6.45) is 3.30. The normalized spacial score (nSPS) is 12.5. The van der Waals surface area contributed by atoms with Gasteiger partial charge in [0.15, 0.2) is 0 Å². The van der Waals surface area contributed by atoms with E-state index in [9.17, 15) is 0 Å². The first-order valence-corrected chi connectivity index (χ1v) is 8.62. The van der Waals surface area contributed by atoms with Gasteiger partial charge in [-0.3, -0.25) is 0 Å². The van der Waals surface area contributed by atoms with Crippen molar-refractivity contribution in [2.75, 3.05) is 0 Å². The van der Waals surface area contributed by atoms with Crippen molar-refractivity contribution in [1.29, 1.82) is 0 Å². The summed E-state index contributed by atoms with van der Waals surface area (Å²) < 4.78 is 0. The zero-order valence-electron chi connectivity index (χ0n) is 12.5. The Balaban J connectivity index is 1.53. The lowest BCUT2D eigenvalue weighted by molar-refractivity contribution is 0.944. The van der Waals surface area contributed by atoms with Crippen LogP contribution in [0.25, 0.3) is 0 Å². The Labute approximate surface area is 136 Å². The van der Waals surface area contributed by atoms with Gasteiger partial charge in [-0.25, -0.2) is 0 Å². The Kier molecular flexibility index (Phi) is 3.74. The molecule has 0 atom stereocenters. The third kappa shape index (κ3) is 2.82. The highest BCUT2D eigenvalue weighted by Gasteiger charge is 2.15. The molecule has 0 N–H and O–H groups in total. The fourth-order valence-corrected chi connectivity index (χ4v) is 4.09. The van der Waals surface area contributed by atoms with Crippen LogP contribution in [0.2, 0.25) is 0 Å². The summed E-state index contributed by atoms with van der Waals surface area (Å²) in [5, 5.41) is 0. The highest BCUT2D eigenvalue weighted by molar-refractivity contribution is 7.99. The first kappa shape index (κ1) is 13.7. The summed E-state index contributed by atoms with van der Waals surface area (Å²) in [7, 11) is 0. The first-order chi connectivity index (χ1) is 10.9. The van der Waals surface area contributed by atoms with Crippen LogP contribution < -0.4 is 0 Å². The lowest BCUT2D eigenvalue weighted by Crippen LogP contribution is -2.01. The van der Waals surface area contributed by atoms with E-state index < -0.39 is 0 Å². The summed E-state index contributed by atoms with van der Waals surface area (Å²) in [5.41, 5.74) is 5.80. The molecule has 0 aliphatic carbocycles. The number of benzene rings is 3. The molecule has 0 spiro atoms. The molecule has 0 saturated carbocycles. The van der Waals surface area contributed by atoms with E-state index in [-0.39, 0.29) is 0 Å². The number of aryl methyl sites for hydroxylation is 2. The summed E-state index contributed by atoms with van der Waals surface area (Å²) >= 11 is 1.91. The lowest BCUT2D eigenvalue weighted by Gasteiger charge is -2.19. The minimum Gasteiger partial charge on any atom is -0.0895 e. The van der Waals surface area contributed by atoms with Gasteiger partial charge in [0.1, 0.15) is 0 Å². The molecule has 0 bridgehead atoms. The second-order valence-corrected chi connectivity index (χ2v) is 6.90. The molecular formula is C21H18S. The summed E-state index contributed by atoms with van der Waals surface area (Å²) in [5.74, 6) is 0. The summed E-state index contributed by atoms with van der Waals surface area (Å²) in [6, 6.07) is 26.5. The van der Waals surface area contributed by atoms with Crippen molar-refractivity contribution >= 4 is 11.8 Å². The maximum atomic E-state index is 2.40. The molecule has 22 heavy (non-hydrogen) atoms. The van der Waals surface area contributed by atoms with Gasteiger partial charge in [0.2, 0.25) is 0 Å². The van der Waals surface area contributed by atoms with E-state index in [1.54, 1.807) is 0 Å². The zero-order valence-corrected chi connectivity index (χ0v) is 13.3. The third-order valence-electron chi connectivity index (χ3n) is 4.24. The van der Waals surface area contributed by atoms with E-state index in [0.717, 1.165) is 19.3 Å². The van der Waals surface area contributed by atoms with Crippen LogP contribution in [0.5, 0.6) is 0 Å². The van der Waals surface area contributed by atoms with Crippen molar-refractivity contribution in [3.05, 3.63) is 95.1 Å². The fourth-order valence-electron chi connectivity index (χ4n) is 3.03. The van der Waals surface area contributed by atoms with E-state index in [0.29, 0.717) is 0 Å². The lowest BCUT2D eigenvalue weighted by atomic mass is 9.99. The molecule has 4 rings (SSSR count). The van der Waals surface area contributed by atoms with E-state index in [1.807, 2.05) is 11.8 Å². The van der Waals surface area contributed by atoms with Gasteiger partial charge in [0.05, 0.1) is 0 Å². The van der Waals surface area contributed by atoms with Gasteiger partial charge < -0.3 is 0 Å². The molecule has 0 fully saturated rings. The standard InChI is InChI=1S/C21H18S/c1-2-6-16(7-3-1)10-11-17-12-13-21-19(14-17)15-18-8-4-5-9-20(18)22-21/h1-9,12-14H,10-11,15H2. The molecule has 1 heterocycles. The van der Waals surface area contributed by atoms with Crippen LogP contribution in [0.3, 0.4) is 0 Å². The Morgan fingerprint density at radius 1 is 0.636 bits per heavy atom. The molecular weight excluding hydrogens is 284 g/mol. The van der Waals surface area contributed by atoms with Crippen LogP contribution >= 0.6 is 11.8 Å². The topological polar surface area (TPSA) is 0 Å². The van der Waals surface area contributed by atoms with Crippen LogP contribution in [0.15, 0.2) is 82.6 Å².